The van der Waals surface area contributed by atoms with E-state index in [1.54, 1.807) is 0 Å². The standard InChI is InChI=1S/C10H12ClN/c1-10(6-8(10)7-11)9-4-2-3-5-12-9/h2-5,8H,6-7H2,1H3. The maximum absolute atomic E-state index is 5.81. The molecule has 1 aromatic rings. The van der Waals surface area contributed by atoms with E-state index in [1.165, 1.54) is 12.1 Å². The number of pyridine rings is 1. The van der Waals surface area contributed by atoms with Crippen molar-refractivity contribution in [3.05, 3.63) is 30.1 Å². The molecule has 0 aliphatic heterocycles. The largest absolute Gasteiger partial charge is 0.261 e. The highest BCUT2D eigenvalue weighted by molar-refractivity contribution is 6.18. The summed E-state index contributed by atoms with van der Waals surface area (Å²) in [6.45, 7) is 2.24. The minimum Gasteiger partial charge on any atom is -0.261 e. The van der Waals surface area contributed by atoms with Crippen molar-refractivity contribution in [3.63, 3.8) is 0 Å². The van der Waals surface area contributed by atoms with Crippen molar-refractivity contribution >= 4 is 11.6 Å². The third-order valence-electron chi connectivity index (χ3n) is 2.85. The molecule has 1 nitrogen and oxygen atoms in total. The van der Waals surface area contributed by atoms with E-state index in [0.29, 0.717) is 5.92 Å². The molecule has 1 aromatic heterocycles. The Morgan fingerprint density at radius 2 is 2.50 bits per heavy atom. The average molecular weight is 182 g/mol. The minimum absolute atomic E-state index is 0.267. The Labute approximate surface area is 77.8 Å². The molecule has 0 saturated heterocycles. The van der Waals surface area contributed by atoms with E-state index in [9.17, 15) is 0 Å². The monoisotopic (exact) mass is 181 g/mol. The molecule has 1 fully saturated rings. The van der Waals surface area contributed by atoms with Gasteiger partial charge in [-0.25, -0.2) is 0 Å². The summed E-state index contributed by atoms with van der Waals surface area (Å²) in [5.74, 6) is 1.39. The van der Waals surface area contributed by atoms with Gasteiger partial charge in [-0.3, -0.25) is 4.98 Å². The summed E-state index contributed by atoms with van der Waals surface area (Å²) >= 11 is 5.81. The molecule has 12 heavy (non-hydrogen) atoms. The van der Waals surface area contributed by atoms with E-state index in [0.717, 1.165) is 5.88 Å². The topological polar surface area (TPSA) is 12.9 Å². The third kappa shape index (κ3) is 1.13. The van der Waals surface area contributed by atoms with Crippen molar-refractivity contribution < 1.29 is 0 Å². The molecule has 0 amide bonds. The second-order valence-corrected chi connectivity index (χ2v) is 4.00. The highest BCUT2D eigenvalue weighted by Gasteiger charge is 2.51. The summed E-state index contributed by atoms with van der Waals surface area (Å²) in [7, 11) is 0. The quantitative estimate of drug-likeness (QED) is 0.640. The maximum Gasteiger partial charge on any atom is 0.0465 e. The van der Waals surface area contributed by atoms with Crippen LogP contribution in [0.1, 0.15) is 19.0 Å². The van der Waals surface area contributed by atoms with Crippen LogP contribution in [0.4, 0.5) is 0 Å². The van der Waals surface area contributed by atoms with Gasteiger partial charge in [0.1, 0.15) is 0 Å². The molecule has 1 saturated carbocycles. The number of hydrogen-bond acceptors (Lipinski definition) is 1. The number of alkyl halides is 1. The van der Waals surface area contributed by atoms with Crippen LogP contribution in [0.3, 0.4) is 0 Å². The number of rotatable bonds is 2. The van der Waals surface area contributed by atoms with Crippen molar-refractivity contribution in [2.45, 2.75) is 18.8 Å². The Morgan fingerprint density at radius 3 is 3.00 bits per heavy atom. The zero-order valence-electron chi connectivity index (χ0n) is 7.13. The normalized spacial score (nSPS) is 33.3. The highest BCUT2D eigenvalue weighted by atomic mass is 35.5. The highest BCUT2D eigenvalue weighted by Crippen LogP contribution is 2.53. The predicted molar refractivity (Wildman–Crippen MR) is 50.4 cm³/mol. The average Bonchev–Trinajstić information content (AvgIpc) is 2.81. The molecule has 1 heterocycles. The second-order valence-electron chi connectivity index (χ2n) is 3.69. The third-order valence-corrected chi connectivity index (χ3v) is 3.22. The lowest BCUT2D eigenvalue weighted by Gasteiger charge is -2.08. The molecule has 1 aliphatic rings. The first-order valence-electron chi connectivity index (χ1n) is 4.25. The van der Waals surface area contributed by atoms with E-state index in [2.05, 4.69) is 18.0 Å². The van der Waals surface area contributed by atoms with Crippen LogP contribution in [0.2, 0.25) is 0 Å². The van der Waals surface area contributed by atoms with Crippen LogP contribution < -0.4 is 0 Å². The maximum atomic E-state index is 5.81. The van der Waals surface area contributed by atoms with Gasteiger partial charge >= 0.3 is 0 Å². The van der Waals surface area contributed by atoms with Gasteiger partial charge in [-0.2, -0.15) is 0 Å². The molecule has 1 aliphatic carbocycles. The molecule has 2 rings (SSSR count). The summed E-state index contributed by atoms with van der Waals surface area (Å²) in [4.78, 5) is 4.35. The molecular weight excluding hydrogens is 170 g/mol. The van der Waals surface area contributed by atoms with Crippen LogP contribution >= 0.6 is 11.6 Å². The van der Waals surface area contributed by atoms with Gasteiger partial charge in [-0.1, -0.05) is 13.0 Å². The lowest BCUT2D eigenvalue weighted by atomic mass is 10.0. The molecule has 64 valence electrons. The first-order valence-corrected chi connectivity index (χ1v) is 4.78. The van der Waals surface area contributed by atoms with Gasteiger partial charge in [0.15, 0.2) is 0 Å². The Morgan fingerprint density at radius 1 is 1.67 bits per heavy atom. The van der Waals surface area contributed by atoms with Gasteiger partial charge in [0.25, 0.3) is 0 Å². The van der Waals surface area contributed by atoms with Crippen LogP contribution in [0.5, 0.6) is 0 Å². The molecule has 0 spiro atoms. The lowest BCUT2D eigenvalue weighted by Crippen LogP contribution is -2.07. The van der Waals surface area contributed by atoms with E-state index in [-0.39, 0.29) is 5.41 Å². The Bertz CT molecular complexity index is 272. The predicted octanol–water partition coefficient (Wildman–Crippen LogP) is 2.60. The van der Waals surface area contributed by atoms with Crippen molar-refractivity contribution in [2.24, 2.45) is 5.92 Å². The fourth-order valence-corrected chi connectivity index (χ4v) is 2.14. The molecule has 0 aromatic carbocycles. The van der Waals surface area contributed by atoms with Crippen molar-refractivity contribution in [3.8, 4) is 0 Å². The molecule has 0 N–H and O–H groups in total. The Kier molecular flexibility index (Phi) is 1.84. The summed E-state index contributed by atoms with van der Waals surface area (Å²) in [6.07, 6.45) is 3.04. The lowest BCUT2D eigenvalue weighted by molar-refractivity contribution is 0.679. The van der Waals surface area contributed by atoms with Crippen LogP contribution in [0.25, 0.3) is 0 Å². The van der Waals surface area contributed by atoms with Crippen LogP contribution in [0, 0.1) is 5.92 Å². The fourth-order valence-electron chi connectivity index (χ4n) is 1.69. The second kappa shape index (κ2) is 2.74. The molecule has 0 radical (unpaired) electrons. The fraction of sp³-hybridized carbons (Fsp3) is 0.500. The number of hydrogen-bond donors (Lipinski definition) is 0. The van der Waals surface area contributed by atoms with E-state index in [1.807, 2.05) is 18.3 Å². The van der Waals surface area contributed by atoms with Gasteiger partial charge in [0, 0.05) is 23.2 Å². The molecule has 2 unspecified atom stereocenters. The van der Waals surface area contributed by atoms with Crippen LogP contribution in [0.15, 0.2) is 24.4 Å². The van der Waals surface area contributed by atoms with E-state index < -0.39 is 0 Å². The van der Waals surface area contributed by atoms with Crippen LogP contribution in [-0.4, -0.2) is 10.9 Å². The van der Waals surface area contributed by atoms with Crippen molar-refractivity contribution in [1.82, 2.24) is 4.98 Å². The molecular formula is C10H12ClN. The summed E-state index contributed by atoms with van der Waals surface area (Å²) in [5, 5.41) is 0. The van der Waals surface area contributed by atoms with E-state index >= 15 is 0 Å². The van der Waals surface area contributed by atoms with Gasteiger partial charge in [-0.15, -0.1) is 11.6 Å². The minimum atomic E-state index is 0.267. The summed E-state index contributed by atoms with van der Waals surface area (Å²) in [5.41, 5.74) is 1.46. The smallest absolute Gasteiger partial charge is 0.0465 e. The summed E-state index contributed by atoms with van der Waals surface area (Å²) in [6, 6.07) is 6.08. The van der Waals surface area contributed by atoms with Crippen LogP contribution in [-0.2, 0) is 5.41 Å². The molecule has 0 bridgehead atoms. The zero-order valence-corrected chi connectivity index (χ0v) is 7.88. The van der Waals surface area contributed by atoms with E-state index in [4.69, 9.17) is 11.6 Å². The zero-order chi connectivity index (χ0) is 8.60. The number of halogens is 1. The van der Waals surface area contributed by atoms with Gasteiger partial charge in [-0.05, 0) is 24.5 Å². The SMILES string of the molecule is CC1(c2ccccn2)CC1CCl. The van der Waals surface area contributed by atoms with Gasteiger partial charge in [0.2, 0.25) is 0 Å². The Hall–Kier alpha value is -0.560. The molecule has 2 heteroatoms. The van der Waals surface area contributed by atoms with Gasteiger partial charge in [0.05, 0.1) is 0 Å². The van der Waals surface area contributed by atoms with Gasteiger partial charge < -0.3 is 0 Å². The number of aromatic nitrogens is 1. The molecule has 2 atom stereocenters. The van der Waals surface area contributed by atoms with Crippen molar-refractivity contribution in [2.75, 3.05) is 5.88 Å². The Balaban J connectivity index is 2.23. The number of nitrogens with zero attached hydrogens (tertiary/aromatic N) is 1. The van der Waals surface area contributed by atoms with Crippen molar-refractivity contribution in [1.29, 1.82) is 0 Å². The first-order chi connectivity index (χ1) is 5.77. The summed E-state index contributed by atoms with van der Waals surface area (Å²) < 4.78 is 0. The first kappa shape index (κ1) is 8.06.